The Hall–Kier alpha value is -0.120. The first-order valence-electron chi connectivity index (χ1n) is 6.03. The van der Waals surface area contributed by atoms with Crippen LogP contribution in [0.1, 0.15) is 20.3 Å². The number of piperidine rings is 1. The topological polar surface area (TPSA) is 35.5 Å². The van der Waals surface area contributed by atoms with Gasteiger partial charge in [0.2, 0.25) is 0 Å². The average molecular weight is 214 g/mol. The van der Waals surface area contributed by atoms with Crippen LogP contribution in [0.15, 0.2) is 0 Å². The second-order valence-corrected chi connectivity index (χ2v) is 5.48. The van der Waals surface area contributed by atoms with Gasteiger partial charge in [-0.15, -0.1) is 0 Å². The molecule has 0 aromatic heterocycles. The number of aliphatic hydroxyl groups excluding tert-OH is 1. The molecule has 0 radical (unpaired) electrons. The summed E-state index contributed by atoms with van der Waals surface area (Å²) in [4.78, 5) is 2.23. The van der Waals surface area contributed by atoms with Crippen LogP contribution >= 0.6 is 0 Å². The summed E-state index contributed by atoms with van der Waals surface area (Å²) in [6.07, 6.45) is 1.16. The SMILES string of the molecule is CC(C)C1NCC(CN(C)C)CC1CO. The van der Waals surface area contributed by atoms with Gasteiger partial charge in [0.15, 0.2) is 0 Å². The van der Waals surface area contributed by atoms with E-state index in [0.29, 0.717) is 30.4 Å². The Kier molecular flexibility index (Phi) is 5.03. The molecule has 1 aliphatic heterocycles. The first-order valence-corrected chi connectivity index (χ1v) is 6.03. The van der Waals surface area contributed by atoms with Gasteiger partial charge in [0.1, 0.15) is 0 Å². The highest BCUT2D eigenvalue weighted by atomic mass is 16.3. The van der Waals surface area contributed by atoms with Crippen LogP contribution in [0.3, 0.4) is 0 Å². The fourth-order valence-corrected chi connectivity index (χ4v) is 2.75. The fourth-order valence-electron chi connectivity index (χ4n) is 2.75. The standard InChI is InChI=1S/C12H26N2O/c1-9(2)12-11(8-15)5-10(6-13-12)7-14(3)4/h9-13,15H,5-8H2,1-4H3. The van der Waals surface area contributed by atoms with E-state index in [1.54, 1.807) is 0 Å². The van der Waals surface area contributed by atoms with E-state index in [2.05, 4.69) is 38.2 Å². The van der Waals surface area contributed by atoms with E-state index in [-0.39, 0.29) is 0 Å². The van der Waals surface area contributed by atoms with Crippen LogP contribution in [0.2, 0.25) is 0 Å². The molecule has 1 saturated heterocycles. The minimum absolute atomic E-state index is 0.319. The van der Waals surface area contributed by atoms with Crippen molar-refractivity contribution in [1.29, 1.82) is 0 Å². The zero-order valence-corrected chi connectivity index (χ0v) is 10.5. The van der Waals surface area contributed by atoms with Gasteiger partial charge in [0.05, 0.1) is 0 Å². The molecule has 1 aliphatic rings. The third kappa shape index (κ3) is 3.74. The molecular weight excluding hydrogens is 188 g/mol. The van der Waals surface area contributed by atoms with Gasteiger partial charge in [-0.1, -0.05) is 13.8 Å². The Morgan fingerprint density at radius 3 is 2.53 bits per heavy atom. The molecule has 90 valence electrons. The quantitative estimate of drug-likeness (QED) is 0.726. The molecule has 3 unspecified atom stereocenters. The summed E-state index contributed by atoms with van der Waals surface area (Å²) in [7, 11) is 4.23. The number of hydrogen-bond donors (Lipinski definition) is 2. The first-order chi connectivity index (χ1) is 7.04. The van der Waals surface area contributed by atoms with E-state index in [1.807, 2.05) is 0 Å². The van der Waals surface area contributed by atoms with Crippen LogP contribution in [-0.4, -0.2) is 49.8 Å². The van der Waals surface area contributed by atoms with E-state index >= 15 is 0 Å². The predicted octanol–water partition coefficient (Wildman–Crippen LogP) is 0.791. The summed E-state index contributed by atoms with van der Waals surface area (Å²) in [5.41, 5.74) is 0. The number of aliphatic hydroxyl groups is 1. The zero-order valence-electron chi connectivity index (χ0n) is 10.5. The van der Waals surface area contributed by atoms with Crippen LogP contribution in [0.25, 0.3) is 0 Å². The second kappa shape index (κ2) is 5.83. The van der Waals surface area contributed by atoms with Crippen molar-refractivity contribution in [1.82, 2.24) is 10.2 Å². The van der Waals surface area contributed by atoms with Gasteiger partial charge in [-0.25, -0.2) is 0 Å². The molecule has 2 N–H and O–H groups in total. The molecule has 0 spiro atoms. The van der Waals surface area contributed by atoms with E-state index in [1.165, 1.54) is 0 Å². The van der Waals surface area contributed by atoms with Gasteiger partial charge in [-0.3, -0.25) is 0 Å². The molecule has 3 nitrogen and oxygen atoms in total. The van der Waals surface area contributed by atoms with Crippen molar-refractivity contribution in [2.45, 2.75) is 26.3 Å². The number of nitrogens with zero attached hydrogens (tertiary/aromatic N) is 1. The second-order valence-electron chi connectivity index (χ2n) is 5.48. The van der Waals surface area contributed by atoms with Crippen LogP contribution in [0, 0.1) is 17.8 Å². The Morgan fingerprint density at radius 1 is 1.40 bits per heavy atom. The lowest BCUT2D eigenvalue weighted by Crippen LogP contribution is -2.51. The Labute approximate surface area is 93.9 Å². The van der Waals surface area contributed by atoms with Gasteiger partial charge in [-0.2, -0.15) is 0 Å². The molecule has 0 bridgehead atoms. The average Bonchev–Trinajstić information content (AvgIpc) is 2.16. The largest absolute Gasteiger partial charge is 0.396 e. The molecule has 1 heterocycles. The smallest absolute Gasteiger partial charge is 0.0474 e. The highest BCUT2D eigenvalue weighted by molar-refractivity contribution is 4.87. The highest BCUT2D eigenvalue weighted by Crippen LogP contribution is 2.25. The first kappa shape index (κ1) is 12.9. The molecule has 0 aliphatic carbocycles. The fraction of sp³-hybridized carbons (Fsp3) is 1.00. The maximum atomic E-state index is 9.41. The summed E-state index contributed by atoms with van der Waals surface area (Å²) < 4.78 is 0. The maximum Gasteiger partial charge on any atom is 0.0474 e. The van der Waals surface area contributed by atoms with E-state index < -0.39 is 0 Å². The van der Waals surface area contributed by atoms with Crippen LogP contribution in [0.5, 0.6) is 0 Å². The predicted molar refractivity (Wildman–Crippen MR) is 63.9 cm³/mol. The van der Waals surface area contributed by atoms with Crippen molar-refractivity contribution < 1.29 is 5.11 Å². The van der Waals surface area contributed by atoms with Crippen molar-refractivity contribution in [2.24, 2.45) is 17.8 Å². The Morgan fingerprint density at radius 2 is 2.07 bits per heavy atom. The van der Waals surface area contributed by atoms with Crippen molar-refractivity contribution in [3.63, 3.8) is 0 Å². The lowest BCUT2D eigenvalue weighted by Gasteiger charge is -2.39. The van der Waals surface area contributed by atoms with Crippen LogP contribution in [0.4, 0.5) is 0 Å². The van der Waals surface area contributed by atoms with Gasteiger partial charge in [0.25, 0.3) is 0 Å². The highest BCUT2D eigenvalue weighted by Gasteiger charge is 2.31. The van der Waals surface area contributed by atoms with E-state index in [9.17, 15) is 5.11 Å². The monoisotopic (exact) mass is 214 g/mol. The van der Waals surface area contributed by atoms with Crippen LogP contribution in [-0.2, 0) is 0 Å². The minimum atomic E-state index is 0.319. The molecule has 1 rings (SSSR count). The lowest BCUT2D eigenvalue weighted by molar-refractivity contribution is 0.0996. The third-order valence-corrected chi connectivity index (χ3v) is 3.36. The summed E-state index contributed by atoms with van der Waals surface area (Å²) >= 11 is 0. The molecule has 15 heavy (non-hydrogen) atoms. The van der Waals surface area contributed by atoms with E-state index in [0.717, 1.165) is 19.5 Å². The molecule has 3 heteroatoms. The molecule has 0 saturated carbocycles. The Bertz CT molecular complexity index is 182. The van der Waals surface area contributed by atoms with Crippen molar-refractivity contribution in [3.8, 4) is 0 Å². The number of rotatable bonds is 4. The summed E-state index contributed by atoms with van der Waals surface area (Å²) in [5.74, 6) is 1.73. The zero-order chi connectivity index (χ0) is 11.4. The van der Waals surface area contributed by atoms with Gasteiger partial charge < -0.3 is 15.3 Å². The lowest BCUT2D eigenvalue weighted by atomic mass is 9.80. The number of nitrogens with one attached hydrogen (secondary N) is 1. The van der Waals surface area contributed by atoms with Gasteiger partial charge in [0, 0.05) is 19.2 Å². The van der Waals surface area contributed by atoms with Crippen molar-refractivity contribution in [2.75, 3.05) is 33.8 Å². The summed E-state index contributed by atoms with van der Waals surface area (Å²) in [6.45, 7) is 6.99. The van der Waals surface area contributed by atoms with E-state index in [4.69, 9.17) is 0 Å². The molecule has 0 aromatic rings. The van der Waals surface area contributed by atoms with Crippen LogP contribution < -0.4 is 5.32 Å². The summed E-state index contributed by atoms with van der Waals surface area (Å²) in [6, 6.07) is 0.494. The number of hydrogen-bond acceptors (Lipinski definition) is 3. The molecule has 0 amide bonds. The normalized spacial score (nSPS) is 32.6. The third-order valence-electron chi connectivity index (χ3n) is 3.36. The molecule has 3 atom stereocenters. The molecule has 0 aromatic carbocycles. The van der Waals surface area contributed by atoms with Crippen molar-refractivity contribution >= 4 is 0 Å². The van der Waals surface area contributed by atoms with Crippen molar-refractivity contribution in [3.05, 3.63) is 0 Å². The minimum Gasteiger partial charge on any atom is -0.396 e. The summed E-state index contributed by atoms with van der Waals surface area (Å²) in [5, 5.41) is 13.0. The Balaban J connectivity index is 2.47. The molecule has 1 fully saturated rings. The van der Waals surface area contributed by atoms with Gasteiger partial charge >= 0.3 is 0 Å². The van der Waals surface area contributed by atoms with Gasteiger partial charge in [-0.05, 0) is 44.8 Å². The molecular formula is C12H26N2O. The maximum absolute atomic E-state index is 9.41.